The number of ether oxygens (including phenoxy) is 1. The maximum absolute atomic E-state index is 12.7. The van der Waals surface area contributed by atoms with Gasteiger partial charge in [-0.05, 0) is 29.7 Å². The highest BCUT2D eigenvalue weighted by molar-refractivity contribution is 6.31. The minimum absolute atomic E-state index is 0.0163. The Balaban J connectivity index is 2.42. The second-order valence-corrected chi connectivity index (χ2v) is 5.55. The van der Waals surface area contributed by atoms with Gasteiger partial charge < -0.3 is 14.9 Å². The SMILES string of the molecule is O=C(O)N1CCCOCC1c1cc(C(O)C(F)(F)F)ccc1Cl. The summed E-state index contributed by atoms with van der Waals surface area (Å²) in [7, 11) is 0. The van der Waals surface area contributed by atoms with E-state index >= 15 is 0 Å². The molecule has 0 radical (unpaired) electrons. The van der Waals surface area contributed by atoms with Crippen LogP contribution < -0.4 is 0 Å². The van der Waals surface area contributed by atoms with E-state index < -0.39 is 30.0 Å². The molecule has 1 saturated heterocycles. The molecule has 1 heterocycles. The lowest BCUT2D eigenvalue weighted by molar-refractivity contribution is -0.206. The molecule has 1 aromatic carbocycles. The van der Waals surface area contributed by atoms with Gasteiger partial charge in [-0.2, -0.15) is 13.2 Å². The van der Waals surface area contributed by atoms with E-state index in [4.69, 9.17) is 16.3 Å². The second kappa shape index (κ2) is 6.94. The largest absolute Gasteiger partial charge is 0.465 e. The summed E-state index contributed by atoms with van der Waals surface area (Å²) in [5, 5.41) is 18.8. The van der Waals surface area contributed by atoms with Crippen LogP contribution in [0.3, 0.4) is 0 Å². The molecule has 0 bridgehead atoms. The number of aliphatic hydroxyl groups is 1. The van der Waals surface area contributed by atoms with Crippen LogP contribution in [0, 0.1) is 0 Å². The standard InChI is InChI=1S/C14H15ClF3NO4/c15-10-3-2-8(12(20)14(16,17)18)6-9(10)11-7-23-5-1-4-19(11)13(21)22/h2-3,6,11-12,20H,1,4-5,7H2,(H,21,22). The van der Waals surface area contributed by atoms with Crippen LogP contribution in [0.15, 0.2) is 18.2 Å². The monoisotopic (exact) mass is 353 g/mol. The van der Waals surface area contributed by atoms with Crippen molar-refractivity contribution < 1.29 is 32.9 Å². The van der Waals surface area contributed by atoms with Crippen LogP contribution in [0.4, 0.5) is 18.0 Å². The maximum Gasteiger partial charge on any atom is 0.418 e. The van der Waals surface area contributed by atoms with Gasteiger partial charge in [0.15, 0.2) is 6.10 Å². The van der Waals surface area contributed by atoms with Gasteiger partial charge in [0.2, 0.25) is 0 Å². The number of halogens is 4. The van der Waals surface area contributed by atoms with Gasteiger partial charge in [-0.1, -0.05) is 17.7 Å². The van der Waals surface area contributed by atoms with Gasteiger partial charge in [0, 0.05) is 18.2 Å². The van der Waals surface area contributed by atoms with Gasteiger partial charge in [0.1, 0.15) is 0 Å². The van der Waals surface area contributed by atoms with Crippen molar-refractivity contribution in [3.05, 3.63) is 34.3 Å². The lowest BCUT2D eigenvalue weighted by Gasteiger charge is -2.28. The number of hydrogen-bond acceptors (Lipinski definition) is 3. The Morgan fingerprint density at radius 2 is 2.13 bits per heavy atom. The lowest BCUT2D eigenvalue weighted by atomic mass is 10.00. The molecule has 2 unspecified atom stereocenters. The summed E-state index contributed by atoms with van der Waals surface area (Å²) in [6, 6.07) is 2.53. The predicted octanol–water partition coefficient (Wildman–Crippen LogP) is 3.38. The summed E-state index contributed by atoms with van der Waals surface area (Å²) in [6.45, 7) is 0.517. The van der Waals surface area contributed by atoms with E-state index in [9.17, 15) is 28.2 Å². The van der Waals surface area contributed by atoms with Crippen molar-refractivity contribution >= 4 is 17.7 Å². The summed E-state index contributed by atoms with van der Waals surface area (Å²) in [6.07, 6.45) is -8.22. The Hall–Kier alpha value is -1.51. The fraction of sp³-hybridized carbons (Fsp3) is 0.500. The van der Waals surface area contributed by atoms with Crippen LogP contribution in [-0.4, -0.2) is 47.1 Å². The first kappa shape index (κ1) is 17.8. The Bertz CT molecular complexity index is 582. The van der Waals surface area contributed by atoms with Crippen molar-refractivity contribution in [2.45, 2.75) is 24.7 Å². The Labute approximate surface area is 135 Å². The highest BCUT2D eigenvalue weighted by Crippen LogP contribution is 2.36. The molecule has 2 N–H and O–H groups in total. The van der Waals surface area contributed by atoms with Gasteiger partial charge >= 0.3 is 12.3 Å². The molecule has 1 aliphatic rings. The first-order chi connectivity index (χ1) is 10.7. The van der Waals surface area contributed by atoms with E-state index in [1.807, 2.05) is 0 Å². The second-order valence-electron chi connectivity index (χ2n) is 5.15. The smallest absolute Gasteiger partial charge is 0.418 e. The third kappa shape index (κ3) is 4.07. The maximum atomic E-state index is 12.7. The van der Waals surface area contributed by atoms with Gasteiger partial charge in [-0.15, -0.1) is 0 Å². The van der Waals surface area contributed by atoms with Crippen LogP contribution in [0.1, 0.15) is 29.7 Å². The molecule has 0 saturated carbocycles. The van der Waals surface area contributed by atoms with E-state index in [-0.39, 0.29) is 23.7 Å². The van der Waals surface area contributed by atoms with Gasteiger partial charge in [-0.3, -0.25) is 4.90 Å². The number of amides is 1. The normalized spacial score (nSPS) is 20.9. The molecule has 1 aromatic rings. The van der Waals surface area contributed by atoms with Crippen molar-refractivity contribution in [3.63, 3.8) is 0 Å². The molecule has 0 aromatic heterocycles. The van der Waals surface area contributed by atoms with Crippen LogP contribution in [0.2, 0.25) is 5.02 Å². The average molecular weight is 354 g/mol. The summed E-state index contributed by atoms with van der Waals surface area (Å²) in [4.78, 5) is 12.5. The molecule has 23 heavy (non-hydrogen) atoms. The highest BCUT2D eigenvalue weighted by atomic mass is 35.5. The van der Waals surface area contributed by atoms with Crippen molar-refractivity contribution in [1.29, 1.82) is 0 Å². The van der Waals surface area contributed by atoms with Crippen molar-refractivity contribution in [2.75, 3.05) is 19.8 Å². The number of aliphatic hydroxyl groups excluding tert-OH is 1. The first-order valence-electron chi connectivity index (χ1n) is 6.83. The third-order valence-corrected chi connectivity index (χ3v) is 3.93. The third-order valence-electron chi connectivity index (χ3n) is 3.59. The summed E-state index contributed by atoms with van der Waals surface area (Å²) >= 11 is 6.03. The zero-order chi connectivity index (χ0) is 17.2. The molecule has 2 rings (SSSR count). The molecule has 0 spiro atoms. The fourth-order valence-corrected chi connectivity index (χ4v) is 2.68. The van der Waals surface area contributed by atoms with E-state index in [0.717, 1.165) is 17.0 Å². The fourth-order valence-electron chi connectivity index (χ4n) is 2.44. The number of rotatable bonds is 2. The zero-order valence-corrected chi connectivity index (χ0v) is 12.6. The average Bonchev–Trinajstić information content (AvgIpc) is 2.71. The van der Waals surface area contributed by atoms with Crippen LogP contribution in [0.5, 0.6) is 0 Å². The minimum atomic E-state index is -4.82. The molecule has 128 valence electrons. The molecule has 1 fully saturated rings. The van der Waals surface area contributed by atoms with E-state index in [0.29, 0.717) is 13.0 Å². The molecule has 1 amide bonds. The van der Waals surface area contributed by atoms with Gasteiger partial charge in [0.25, 0.3) is 0 Å². The molecule has 1 aliphatic heterocycles. The molecule has 0 aliphatic carbocycles. The van der Waals surface area contributed by atoms with Crippen molar-refractivity contribution in [3.8, 4) is 0 Å². The van der Waals surface area contributed by atoms with Crippen LogP contribution in [0.25, 0.3) is 0 Å². The van der Waals surface area contributed by atoms with Crippen molar-refractivity contribution in [1.82, 2.24) is 4.90 Å². The molecule has 5 nitrogen and oxygen atoms in total. The zero-order valence-electron chi connectivity index (χ0n) is 11.9. The number of hydrogen-bond donors (Lipinski definition) is 2. The number of carboxylic acid groups (broad SMARTS) is 1. The lowest BCUT2D eigenvalue weighted by Crippen LogP contribution is -2.35. The van der Waals surface area contributed by atoms with E-state index in [1.165, 1.54) is 6.07 Å². The van der Waals surface area contributed by atoms with Crippen molar-refractivity contribution in [2.24, 2.45) is 0 Å². The van der Waals surface area contributed by atoms with E-state index in [1.54, 1.807) is 0 Å². The molecular weight excluding hydrogens is 339 g/mol. The highest BCUT2D eigenvalue weighted by Gasteiger charge is 2.40. The predicted molar refractivity (Wildman–Crippen MR) is 75.4 cm³/mol. The summed E-state index contributed by atoms with van der Waals surface area (Å²) < 4.78 is 43.3. The van der Waals surface area contributed by atoms with E-state index in [2.05, 4.69) is 0 Å². The molecule has 2 atom stereocenters. The number of carbonyl (C=O) groups is 1. The summed E-state index contributed by atoms with van der Waals surface area (Å²) in [5.41, 5.74) is -0.219. The van der Waals surface area contributed by atoms with Gasteiger partial charge in [-0.25, -0.2) is 4.79 Å². The minimum Gasteiger partial charge on any atom is -0.465 e. The number of nitrogens with zero attached hydrogens (tertiary/aromatic N) is 1. The quantitative estimate of drug-likeness (QED) is 0.855. The number of benzene rings is 1. The number of alkyl halides is 3. The van der Waals surface area contributed by atoms with Crippen LogP contribution in [-0.2, 0) is 4.74 Å². The Morgan fingerprint density at radius 3 is 2.74 bits per heavy atom. The molecule has 9 heteroatoms. The summed E-state index contributed by atoms with van der Waals surface area (Å²) in [5.74, 6) is 0. The Morgan fingerprint density at radius 1 is 1.43 bits per heavy atom. The Kier molecular flexibility index (Phi) is 5.38. The van der Waals surface area contributed by atoms with Gasteiger partial charge in [0.05, 0.1) is 12.6 Å². The topological polar surface area (TPSA) is 70.0 Å². The first-order valence-corrected chi connectivity index (χ1v) is 7.21. The van der Waals surface area contributed by atoms with Crippen LogP contribution >= 0.6 is 11.6 Å². The molecular formula is C14H15ClF3NO4.